The zero-order chi connectivity index (χ0) is 12.3. The van der Waals surface area contributed by atoms with Crippen molar-refractivity contribution in [2.75, 3.05) is 18.5 Å². The van der Waals surface area contributed by atoms with E-state index in [4.69, 9.17) is 11.6 Å². The van der Waals surface area contributed by atoms with E-state index in [2.05, 4.69) is 0 Å². The van der Waals surface area contributed by atoms with Gasteiger partial charge >= 0.3 is 0 Å². The first-order valence-electron chi connectivity index (χ1n) is 5.20. The number of benzene rings is 1. The van der Waals surface area contributed by atoms with Gasteiger partial charge in [0.2, 0.25) is 0 Å². The molecule has 1 aromatic carbocycles. The van der Waals surface area contributed by atoms with Gasteiger partial charge < -0.3 is 4.90 Å². The second-order valence-electron chi connectivity index (χ2n) is 4.32. The Balaban J connectivity index is 3.04. The number of hydrogen-bond acceptors (Lipinski definition) is 1. The maximum Gasteiger partial charge on any atom is 0.149 e. The van der Waals surface area contributed by atoms with E-state index in [0.717, 1.165) is 0 Å². The Morgan fingerprint density at radius 2 is 1.75 bits per heavy atom. The van der Waals surface area contributed by atoms with Gasteiger partial charge in [0, 0.05) is 19.5 Å². The minimum atomic E-state index is -0.557. The molecule has 90 valence electrons. The van der Waals surface area contributed by atoms with E-state index in [1.54, 1.807) is 11.9 Å². The number of anilines is 1. The fourth-order valence-electron chi connectivity index (χ4n) is 1.70. The van der Waals surface area contributed by atoms with Gasteiger partial charge in [0.25, 0.3) is 0 Å². The van der Waals surface area contributed by atoms with Crippen LogP contribution < -0.4 is 4.90 Å². The summed E-state index contributed by atoms with van der Waals surface area (Å²) in [5.41, 5.74) is 0.473. The van der Waals surface area contributed by atoms with Crippen molar-refractivity contribution in [2.24, 2.45) is 5.92 Å². The minimum Gasteiger partial charge on any atom is -0.370 e. The summed E-state index contributed by atoms with van der Waals surface area (Å²) in [4.78, 5) is 1.59. The third-order valence-corrected chi connectivity index (χ3v) is 2.56. The monoisotopic (exact) mass is 247 g/mol. The summed E-state index contributed by atoms with van der Waals surface area (Å²) < 4.78 is 27.3. The van der Waals surface area contributed by atoms with E-state index in [0.29, 0.717) is 18.0 Å². The van der Waals surface area contributed by atoms with Crippen LogP contribution in [-0.4, -0.2) is 13.6 Å². The van der Waals surface area contributed by atoms with Gasteiger partial charge in [-0.3, -0.25) is 0 Å². The first kappa shape index (κ1) is 13.2. The van der Waals surface area contributed by atoms with Crippen molar-refractivity contribution in [1.82, 2.24) is 0 Å². The van der Waals surface area contributed by atoms with Crippen molar-refractivity contribution in [2.45, 2.75) is 19.7 Å². The third-order valence-electron chi connectivity index (χ3n) is 2.25. The molecule has 0 N–H and O–H groups in total. The predicted molar refractivity (Wildman–Crippen MR) is 64.0 cm³/mol. The summed E-state index contributed by atoms with van der Waals surface area (Å²) in [7, 11) is 1.68. The molecule has 1 rings (SSSR count). The topological polar surface area (TPSA) is 3.24 Å². The summed E-state index contributed by atoms with van der Waals surface area (Å²) >= 11 is 5.54. The lowest BCUT2D eigenvalue weighted by Gasteiger charge is -2.22. The van der Waals surface area contributed by atoms with Crippen LogP contribution >= 0.6 is 11.6 Å². The molecule has 0 aliphatic rings. The molecule has 0 bridgehead atoms. The molecule has 0 saturated heterocycles. The van der Waals surface area contributed by atoms with Crippen LogP contribution in [-0.2, 0) is 5.88 Å². The van der Waals surface area contributed by atoms with Crippen LogP contribution in [0.1, 0.15) is 19.4 Å². The van der Waals surface area contributed by atoms with Crippen LogP contribution in [0.3, 0.4) is 0 Å². The Morgan fingerprint density at radius 3 is 2.12 bits per heavy atom. The largest absolute Gasteiger partial charge is 0.370 e. The van der Waals surface area contributed by atoms with Crippen molar-refractivity contribution in [1.29, 1.82) is 0 Å². The normalized spacial score (nSPS) is 10.9. The summed E-state index contributed by atoms with van der Waals surface area (Å²) in [5, 5.41) is 0. The second kappa shape index (κ2) is 5.48. The molecule has 0 radical (unpaired) electrons. The van der Waals surface area contributed by atoms with E-state index in [1.165, 1.54) is 12.1 Å². The molecule has 0 fully saturated rings. The van der Waals surface area contributed by atoms with Gasteiger partial charge in [-0.05, 0) is 23.6 Å². The Labute approximate surface area is 100 Å². The molecule has 16 heavy (non-hydrogen) atoms. The van der Waals surface area contributed by atoms with Gasteiger partial charge in [0.1, 0.15) is 17.3 Å². The van der Waals surface area contributed by atoms with Crippen molar-refractivity contribution < 1.29 is 8.78 Å². The van der Waals surface area contributed by atoms with Gasteiger partial charge in [0.15, 0.2) is 0 Å². The zero-order valence-electron chi connectivity index (χ0n) is 9.73. The first-order chi connectivity index (χ1) is 7.45. The van der Waals surface area contributed by atoms with Crippen molar-refractivity contribution >= 4 is 17.3 Å². The maximum atomic E-state index is 13.7. The Morgan fingerprint density at radius 1 is 1.25 bits per heavy atom. The lowest BCUT2D eigenvalue weighted by molar-refractivity contribution is 0.559. The SMILES string of the molecule is CC(C)CN(C)c1c(F)cc(CCl)cc1F. The molecular formula is C12H16ClF2N. The zero-order valence-corrected chi connectivity index (χ0v) is 10.5. The fraction of sp³-hybridized carbons (Fsp3) is 0.500. The molecule has 4 heteroatoms. The van der Waals surface area contributed by atoms with E-state index in [1.807, 2.05) is 13.8 Å². The van der Waals surface area contributed by atoms with Crippen molar-refractivity contribution in [3.05, 3.63) is 29.3 Å². The molecule has 0 unspecified atom stereocenters. The number of halogens is 3. The van der Waals surface area contributed by atoms with Crippen molar-refractivity contribution in [3.63, 3.8) is 0 Å². The van der Waals surface area contributed by atoms with Crippen LogP contribution in [0.4, 0.5) is 14.5 Å². The maximum absolute atomic E-state index is 13.7. The number of alkyl halides is 1. The lowest BCUT2D eigenvalue weighted by atomic mass is 10.1. The highest BCUT2D eigenvalue weighted by atomic mass is 35.5. The number of hydrogen-bond donors (Lipinski definition) is 0. The summed E-state index contributed by atoms with van der Waals surface area (Å²) in [5.74, 6) is -0.656. The fourth-order valence-corrected chi connectivity index (χ4v) is 1.85. The highest BCUT2D eigenvalue weighted by molar-refractivity contribution is 6.17. The minimum absolute atomic E-state index is 0.0163. The number of rotatable bonds is 4. The van der Waals surface area contributed by atoms with Crippen LogP contribution in [0.5, 0.6) is 0 Å². The molecule has 0 aliphatic carbocycles. The van der Waals surface area contributed by atoms with Crippen molar-refractivity contribution in [3.8, 4) is 0 Å². The van der Waals surface area contributed by atoms with Gasteiger partial charge in [-0.15, -0.1) is 11.6 Å². The Hall–Kier alpha value is -0.830. The predicted octanol–water partition coefficient (Wildman–Crippen LogP) is 3.80. The first-order valence-corrected chi connectivity index (χ1v) is 5.74. The smallest absolute Gasteiger partial charge is 0.149 e. The highest BCUT2D eigenvalue weighted by Crippen LogP contribution is 2.25. The third kappa shape index (κ3) is 3.08. The quantitative estimate of drug-likeness (QED) is 0.732. The molecule has 1 aromatic rings. The van der Waals surface area contributed by atoms with Gasteiger partial charge in [-0.25, -0.2) is 8.78 Å². The average molecular weight is 248 g/mol. The van der Waals surface area contributed by atoms with Crippen LogP contribution in [0.2, 0.25) is 0 Å². The Bertz CT molecular complexity index is 343. The van der Waals surface area contributed by atoms with Gasteiger partial charge in [-0.2, -0.15) is 0 Å². The molecular weight excluding hydrogens is 232 g/mol. The van der Waals surface area contributed by atoms with Crippen LogP contribution in [0.15, 0.2) is 12.1 Å². The summed E-state index contributed by atoms with van der Waals surface area (Å²) in [6.45, 7) is 4.60. The van der Waals surface area contributed by atoms with E-state index < -0.39 is 11.6 Å². The molecule has 0 spiro atoms. The molecule has 0 amide bonds. The molecule has 0 atom stereocenters. The van der Waals surface area contributed by atoms with Gasteiger partial charge in [0.05, 0.1) is 0 Å². The molecule has 0 heterocycles. The Kier molecular flexibility index (Phi) is 4.54. The summed E-state index contributed by atoms with van der Waals surface area (Å²) in [6.07, 6.45) is 0. The molecule has 1 nitrogen and oxygen atoms in total. The second-order valence-corrected chi connectivity index (χ2v) is 4.58. The standard InChI is InChI=1S/C12H16ClF2N/c1-8(2)7-16(3)12-10(14)4-9(6-13)5-11(12)15/h4-5,8H,6-7H2,1-3H3. The lowest BCUT2D eigenvalue weighted by Crippen LogP contribution is -2.24. The van der Waals surface area contributed by atoms with E-state index in [9.17, 15) is 8.78 Å². The molecule has 0 aromatic heterocycles. The average Bonchev–Trinajstić information content (AvgIpc) is 2.15. The highest BCUT2D eigenvalue weighted by Gasteiger charge is 2.15. The number of nitrogens with zero attached hydrogens (tertiary/aromatic N) is 1. The summed E-state index contributed by atoms with van der Waals surface area (Å²) in [6, 6.07) is 2.56. The van der Waals surface area contributed by atoms with E-state index >= 15 is 0 Å². The molecule has 0 saturated carbocycles. The van der Waals surface area contributed by atoms with Crippen LogP contribution in [0, 0.1) is 17.6 Å². The molecule has 0 aliphatic heterocycles. The van der Waals surface area contributed by atoms with Crippen LogP contribution in [0.25, 0.3) is 0 Å². The van der Waals surface area contributed by atoms with E-state index in [-0.39, 0.29) is 11.6 Å². The van der Waals surface area contributed by atoms with Gasteiger partial charge in [-0.1, -0.05) is 13.8 Å².